The molecule has 0 saturated heterocycles. The van der Waals surface area contributed by atoms with Crippen molar-refractivity contribution in [2.45, 2.75) is 32.9 Å². The van der Waals surface area contributed by atoms with Crippen molar-refractivity contribution in [1.29, 1.82) is 0 Å². The summed E-state index contributed by atoms with van der Waals surface area (Å²) in [5.74, 6) is 0. The predicted octanol–water partition coefficient (Wildman–Crippen LogP) is 2.50. The highest BCUT2D eigenvalue weighted by molar-refractivity contribution is 6.50. The summed E-state index contributed by atoms with van der Waals surface area (Å²) in [6, 6.07) is 0. The van der Waals surface area contributed by atoms with Crippen LogP contribution in [0.4, 0.5) is 9.59 Å². The first kappa shape index (κ1) is 13.8. The number of hydrogen-bond donors (Lipinski definition) is 0. The standard InChI is InChI=1S/C8H16N2O4Si/c1-4-5-6-13-7(11)9-10-8(12)14-15(2)3/h15H,4-6H2,1-3H3. The van der Waals surface area contributed by atoms with Gasteiger partial charge in [0.15, 0.2) is 0 Å². The van der Waals surface area contributed by atoms with Gasteiger partial charge in [0, 0.05) is 0 Å². The fourth-order valence-electron chi connectivity index (χ4n) is 0.640. The number of rotatable bonds is 4. The molecular weight excluding hydrogens is 216 g/mol. The Morgan fingerprint density at radius 1 is 1.20 bits per heavy atom. The summed E-state index contributed by atoms with van der Waals surface area (Å²) in [5.41, 5.74) is 0. The Labute approximate surface area is 90.4 Å². The van der Waals surface area contributed by atoms with E-state index in [-0.39, 0.29) is 0 Å². The zero-order valence-electron chi connectivity index (χ0n) is 9.23. The molecule has 0 aliphatic heterocycles. The number of ether oxygens (including phenoxy) is 1. The molecule has 0 unspecified atom stereocenters. The van der Waals surface area contributed by atoms with Crippen molar-refractivity contribution in [2.24, 2.45) is 10.2 Å². The summed E-state index contributed by atoms with van der Waals surface area (Å²) in [6.07, 6.45) is 0.00525. The third-order valence-electron chi connectivity index (χ3n) is 1.27. The molecule has 0 aromatic carbocycles. The zero-order chi connectivity index (χ0) is 11.7. The van der Waals surface area contributed by atoms with Gasteiger partial charge < -0.3 is 9.16 Å². The largest absolute Gasteiger partial charge is 0.504 e. The second kappa shape index (κ2) is 8.10. The summed E-state index contributed by atoms with van der Waals surface area (Å²) in [6.45, 7) is 5.89. The molecule has 86 valence electrons. The van der Waals surface area contributed by atoms with Crippen LogP contribution in [0.25, 0.3) is 0 Å². The summed E-state index contributed by atoms with van der Waals surface area (Å²) < 4.78 is 9.40. The first-order chi connectivity index (χ1) is 7.06. The molecule has 7 heteroatoms. The lowest BCUT2D eigenvalue weighted by Crippen LogP contribution is -2.11. The lowest BCUT2D eigenvalue weighted by Gasteiger charge is -2.01. The Bertz CT molecular complexity index is 243. The molecule has 0 radical (unpaired) electrons. The molecular formula is C8H16N2O4Si. The van der Waals surface area contributed by atoms with Gasteiger partial charge in [0.1, 0.15) is 0 Å². The fourth-order valence-corrected chi connectivity index (χ4v) is 1.09. The maximum Gasteiger partial charge on any atom is 0.452 e. The Balaban J connectivity index is 3.74. The number of nitrogens with zero attached hydrogens (tertiary/aromatic N) is 2. The van der Waals surface area contributed by atoms with Crippen LogP contribution in [0.15, 0.2) is 10.2 Å². The molecule has 15 heavy (non-hydrogen) atoms. The highest BCUT2D eigenvalue weighted by Crippen LogP contribution is 1.94. The van der Waals surface area contributed by atoms with Crippen LogP contribution >= 0.6 is 0 Å². The summed E-state index contributed by atoms with van der Waals surface area (Å²) in [5, 5.41) is 6.13. The number of amides is 2. The van der Waals surface area contributed by atoms with Crippen molar-refractivity contribution in [1.82, 2.24) is 0 Å². The van der Waals surface area contributed by atoms with E-state index < -0.39 is 21.2 Å². The van der Waals surface area contributed by atoms with Crippen molar-refractivity contribution >= 4 is 21.2 Å². The van der Waals surface area contributed by atoms with Gasteiger partial charge in [-0.05, 0) is 19.5 Å². The first-order valence-corrected chi connectivity index (χ1v) is 7.63. The topological polar surface area (TPSA) is 77.3 Å². The van der Waals surface area contributed by atoms with E-state index in [0.717, 1.165) is 12.8 Å². The van der Waals surface area contributed by atoms with E-state index in [2.05, 4.69) is 15.0 Å². The van der Waals surface area contributed by atoms with Crippen molar-refractivity contribution in [2.75, 3.05) is 6.61 Å². The summed E-state index contributed by atoms with van der Waals surface area (Å²) in [4.78, 5) is 21.7. The van der Waals surface area contributed by atoms with Gasteiger partial charge in [-0.3, -0.25) is 0 Å². The van der Waals surface area contributed by atoms with Gasteiger partial charge >= 0.3 is 12.2 Å². The van der Waals surface area contributed by atoms with Gasteiger partial charge in [-0.15, -0.1) is 0 Å². The minimum absolute atomic E-state index is 0.294. The number of unbranched alkanes of at least 4 members (excludes halogenated alkanes) is 1. The minimum Gasteiger partial charge on any atom is -0.504 e. The quantitative estimate of drug-likeness (QED) is 0.424. The van der Waals surface area contributed by atoms with Gasteiger partial charge in [-0.25, -0.2) is 9.59 Å². The Hall–Kier alpha value is -1.24. The molecule has 0 saturated carbocycles. The maximum absolute atomic E-state index is 10.8. The molecule has 0 atom stereocenters. The molecule has 0 heterocycles. The van der Waals surface area contributed by atoms with E-state index in [1.165, 1.54) is 0 Å². The Morgan fingerprint density at radius 2 is 1.80 bits per heavy atom. The second-order valence-electron chi connectivity index (χ2n) is 3.10. The van der Waals surface area contributed by atoms with Crippen molar-refractivity contribution in [3.63, 3.8) is 0 Å². The summed E-state index contributed by atoms with van der Waals surface area (Å²) >= 11 is 0. The molecule has 0 fully saturated rings. The lowest BCUT2D eigenvalue weighted by molar-refractivity contribution is 0.152. The Morgan fingerprint density at radius 3 is 2.33 bits per heavy atom. The van der Waals surface area contributed by atoms with E-state index >= 15 is 0 Å². The molecule has 0 spiro atoms. The van der Waals surface area contributed by atoms with E-state index in [1.807, 2.05) is 20.0 Å². The van der Waals surface area contributed by atoms with Crippen LogP contribution in [-0.4, -0.2) is 27.8 Å². The van der Waals surface area contributed by atoms with E-state index in [1.54, 1.807) is 0 Å². The van der Waals surface area contributed by atoms with Crippen molar-refractivity contribution in [3.05, 3.63) is 0 Å². The fraction of sp³-hybridized carbons (Fsp3) is 0.750. The highest BCUT2D eigenvalue weighted by Gasteiger charge is 2.05. The van der Waals surface area contributed by atoms with Crippen molar-refractivity contribution in [3.8, 4) is 0 Å². The zero-order valence-corrected chi connectivity index (χ0v) is 10.4. The molecule has 6 nitrogen and oxygen atoms in total. The van der Waals surface area contributed by atoms with Crippen LogP contribution in [0.3, 0.4) is 0 Å². The normalized spacial score (nSPS) is 10.7. The van der Waals surface area contributed by atoms with Crippen LogP contribution in [0, 0.1) is 0 Å². The molecule has 2 amide bonds. The highest BCUT2D eigenvalue weighted by atomic mass is 28.3. The van der Waals surface area contributed by atoms with Crippen molar-refractivity contribution < 1.29 is 18.8 Å². The smallest absolute Gasteiger partial charge is 0.452 e. The van der Waals surface area contributed by atoms with Crippen LogP contribution < -0.4 is 0 Å². The number of carbonyl (C=O) groups is 2. The van der Waals surface area contributed by atoms with Crippen LogP contribution in [0.5, 0.6) is 0 Å². The third-order valence-corrected chi connectivity index (χ3v) is 1.95. The molecule has 0 aromatic heterocycles. The lowest BCUT2D eigenvalue weighted by atomic mass is 10.4. The van der Waals surface area contributed by atoms with Crippen LogP contribution in [0.1, 0.15) is 19.8 Å². The SMILES string of the molecule is CCCCOC(=O)N=NC(=O)O[SiH](C)C. The second-order valence-corrected chi connectivity index (χ2v) is 5.43. The number of azo groups is 1. The Kier molecular flexibility index (Phi) is 7.43. The van der Waals surface area contributed by atoms with Gasteiger partial charge in [0.2, 0.25) is 9.04 Å². The average Bonchev–Trinajstić information content (AvgIpc) is 2.14. The number of carbonyl (C=O) groups excluding carboxylic acids is 2. The van der Waals surface area contributed by atoms with Gasteiger partial charge in [-0.1, -0.05) is 23.6 Å². The molecule has 0 N–H and O–H groups in total. The third kappa shape index (κ3) is 9.07. The first-order valence-electron chi connectivity index (χ1n) is 4.85. The molecule has 0 aliphatic rings. The maximum atomic E-state index is 10.8. The number of hydrogen-bond acceptors (Lipinski definition) is 4. The van der Waals surface area contributed by atoms with E-state index in [9.17, 15) is 9.59 Å². The van der Waals surface area contributed by atoms with Crippen LogP contribution in [-0.2, 0) is 9.16 Å². The van der Waals surface area contributed by atoms with E-state index in [4.69, 9.17) is 4.43 Å². The van der Waals surface area contributed by atoms with Crippen LogP contribution in [0.2, 0.25) is 13.1 Å². The van der Waals surface area contributed by atoms with E-state index in [0.29, 0.717) is 6.61 Å². The van der Waals surface area contributed by atoms with Gasteiger partial charge in [0.05, 0.1) is 6.61 Å². The minimum atomic E-state index is -1.47. The monoisotopic (exact) mass is 232 g/mol. The predicted molar refractivity (Wildman–Crippen MR) is 56.5 cm³/mol. The van der Waals surface area contributed by atoms with Gasteiger partial charge in [0.25, 0.3) is 0 Å². The molecule has 0 aromatic rings. The molecule has 0 aliphatic carbocycles. The average molecular weight is 232 g/mol. The molecule has 0 bridgehead atoms. The summed E-state index contributed by atoms with van der Waals surface area (Å²) in [7, 11) is -1.47. The molecule has 0 rings (SSSR count). The van der Waals surface area contributed by atoms with Gasteiger partial charge in [-0.2, -0.15) is 0 Å².